The fourth-order valence-corrected chi connectivity index (χ4v) is 3.92. The molecule has 162 valence electrons. The summed E-state index contributed by atoms with van der Waals surface area (Å²) in [6.45, 7) is 0. The van der Waals surface area contributed by atoms with Crippen LogP contribution >= 0.6 is 11.6 Å². The molecule has 1 heterocycles. The number of nitrogens with one attached hydrogen (secondary N) is 1. The number of halogens is 1. The van der Waals surface area contributed by atoms with E-state index in [1.807, 2.05) is 42.5 Å². The maximum Gasteiger partial charge on any atom is 0.238 e. The molecule has 0 unspecified atom stereocenters. The van der Waals surface area contributed by atoms with Crippen molar-refractivity contribution >= 4 is 33.2 Å². The summed E-state index contributed by atoms with van der Waals surface area (Å²) in [4.78, 5) is 12.7. The quantitative estimate of drug-likeness (QED) is 0.447. The highest BCUT2D eigenvalue weighted by Crippen LogP contribution is 2.26. The molecule has 0 aliphatic rings. The molecule has 7 nitrogen and oxygen atoms in total. The molecule has 3 N–H and O–H groups in total. The minimum absolute atomic E-state index is 0.0321. The van der Waals surface area contributed by atoms with Crippen molar-refractivity contribution in [2.45, 2.75) is 11.3 Å². The van der Waals surface area contributed by atoms with Crippen molar-refractivity contribution in [3.05, 3.63) is 95.6 Å². The molecule has 0 saturated carbocycles. The molecule has 4 aromatic rings. The molecule has 1 amide bonds. The van der Waals surface area contributed by atoms with Gasteiger partial charge in [0.25, 0.3) is 0 Å². The lowest BCUT2D eigenvalue weighted by molar-refractivity contribution is -0.115. The summed E-state index contributed by atoms with van der Waals surface area (Å²) >= 11 is 6.02. The van der Waals surface area contributed by atoms with Crippen molar-refractivity contribution in [1.29, 1.82) is 0 Å². The van der Waals surface area contributed by atoms with Crippen molar-refractivity contribution in [1.82, 2.24) is 9.78 Å². The maximum atomic E-state index is 12.8. The lowest BCUT2D eigenvalue weighted by Gasteiger charge is -2.07. The van der Waals surface area contributed by atoms with Crippen molar-refractivity contribution in [3.63, 3.8) is 0 Å². The van der Waals surface area contributed by atoms with Crippen molar-refractivity contribution in [2.24, 2.45) is 5.14 Å². The zero-order valence-electron chi connectivity index (χ0n) is 16.8. The predicted molar refractivity (Wildman–Crippen MR) is 124 cm³/mol. The van der Waals surface area contributed by atoms with E-state index < -0.39 is 10.0 Å². The van der Waals surface area contributed by atoms with Crippen LogP contribution < -0.4 is 10.5 Å². The second-order valence-electron chi connectivity index (χ2n) is 7.09. The van der Waals surface area contributed by atoms with Crippen molar-refractivity contribution in [3.8, 4) is 16.9 Å². The second-order valence-corrected chi connectivity index (χ2v) is 9.09. The van der Waals surface area contributed by atoms with E-state index in [0.717, 1.165) is 11.3 Å². The van der Waals surface area contributed by atoms with Crippen molar-refractivity contribution < 1.29 is 13.2 Å². The Morgan fingerprint density at radius 1 is 1.00 bits per heavy atom. The Hall–Kier alpha value is -3.46. The molecule has 0 radical (unpaired) electrons. The first-order chi connectivity index (χ1) is 15.3. The Morgan fingerprint density at radius 3 is 2.41 bits per heavy atom. The van der Waals surface area contributed by atoms with Crippen LogP contribution in [0.2, 0.25) is 5.02 Å². The maximum absolute atomic E-state index is 12.8. The first-order valence-corrected chi connectivity index (χ1v) is 11.5. The third kappa shape index (κ3) is 5.05. The normalized spacial score (nSPS) is 11.3. The van der Waals surface area contributed by atoms with Crippen LogP contribution in [0.5, 0.6) is 0 Å². The van der Waals surface area contributed by atoms with Crippen LogP contribution in [0.4, 0.5) is 5.69 Å². The average Bonchev–Trinajstić information content (AvgIpc) is 3.18. The molecule has 32 heavy (non-hydrogen) atoms. The zero-order chi connectivity index (χ0) is 22.7. The monoisotopic (exact) mass is 466 g/mol. The van der Waals surface area contributed by atoms with Crippen LogP contribution in [-0.4, -0.2) is 24.1 Å². The number of carbonyl (C=O) groups is 1. The molecule has 0 bridgehead atoms. The van der Waals surface area contributed by atoms with E-state index in [4.69, 9.17) is 16.7 Å². The highest BCUT2D eigenvalue weighted by Gasteiger charge is 2.16. The molecule has 0 aliphatic heterocycles. The Labute approximate surface area is 190 Å². The van der Waals surface area contributed by atoms with E-state index in [2.05, 4.69) is 10.4 Å². The lowest BCUT2D eigenvalue weighted by atomic mass is 10.1. The molecule has 0 aliphatic carbocycles. The summed E-state index contributed by atoms with van der Waals surface area (Å²) < 4.78 is 24.9. The number of aromatic nitrogens is 2. The van der Waals surface area contributed by atoms with Crippen LogP contribution in [0.15, 0.2) is 90.0 Å². The fourth-order valence-electron chi connectivity index (χ4n) is 3.23. The number of sulfonamides is 1. The fraction of sp³-hybridized carbons (Fsp3) is 0.0435. The first kappa shape index (κ1) is 21.8. The molecule has 3 aromatic carbocycles. The van der Waals surface area contributed by atoms with Gasteiger partial charge in [-0.2, -0.15) is 5.10 Å². The number of rotatable bonds is 6. The zero-order valence-corrected chi connectivity index (χ0v) is 18.3. The highest BCUT2D eigenvalue weighted by atomic mass is 35.5. The van der Waals surface area contributed by atoms with Crippen LogP contribution in [0, 0.1) is 0 Å². The number of primary sulfonamides is 1. The smallest absolute Gasteiger partial charge is 0.238 e. The van der Waals surface area contributed by atoms with Gasteiger partial charge in [-0.05, 0) is 42.5 Å². The summed E-state index contributed by atoms with van der Waals surface area (Å²) in [6.07, 6.45) is 1.84. The molecule has 0 spiro atoms. The highest BCUT2D eigenvalue weighted by molar-refractivity contribution is 7.89. The number of amides is 1. The van der Waals surface area contributed by atoms with Gasteiger partial charge >= 0.3 is 0 Å². The molecule has 1 aromatic heterocycles. The van der Waals surface area contributed by atoms with Gasteiger partial charge in [-0.15, -0.1) is 0 Å². The topological polar surface area (TPSA) is 107 Å². The van der Waals surface area contributed by atoms with E-state index in [1.54, 1.807) is 29.1 Å². The third-order valence-electron chi connectivity index (χ3n) is 4.73. The molecular formula is C23H19ClN4O3S. The summed E-state index contributed by atoms with van der Waals surface area (Å²) in [6, 6.07) is 22.6. The number of para-hydroxylation sites is 1. The van der Waals surface area contributed by atoms with E-state index >= 15 is 0 Å². The third-order valence-corrected chi connectivity index (χ3v) is 5.89. The Morgan fingerprint density at radius 2 is 1.72 bits per heavy atom. The van der Waals surface area contributed by atoms with Gasteiger partial charge in [0.1, 0.15) is 0 Å². The number of anilines is 1. The van der Waals surface area contributed by atoms with Gasteiger partial charge in [-0.1, -0.05) is 48.0 Å². The Balaban J connectivity index is 1.64. The largest absolute Gasteiger partial charge is 0.326 e. The van der Waals surface area contributed by atoms with E-state index in [-0.39, 0.29) is 17.2 Å². The summed E-state index contributed by atoms with van der Waals surface area (Å²) in [5.74, 6) is -0.320. The predicted octanol–water partition coefficient (Wildman–Crippen LogP) is 4.02. The van der Waals surface area contributed by atoms with Gasteiger partial charge in [0.2, 0.25) is 15.9 Å². The first-order valence-electron chi connectivity index (χ1n) is 9.62. The molecule has 0 atom stereocenters. The van der Waals surface area contributed by atoms with Crippen LogP contribution in [0.1, 0.15) is 5.56 Å². The molecule has 0 saturated heterocycles. The van der Waals surface area contributed by atoms with Gasteiger partial charge in [0, 0.05) is 28.0 Å². The number of hydrogen-bond donors (Lipinski definition) is 2. The van der Waals surface area contributed by atoms with E-state index in [1.165, 1.54) is 18.2 Å². The minimum atomic E-state index is -3.87. The van der Waals surface area contributed by atoms with E-state index in [9.17, 15) is 13.2 Å². The number of carbonyl (C=O) groups excluding carboxylic acids is 1. The summed E-state index contributed by atoms with van der Waals surface area (Å²) in [5, 5.41) is 13.2. The summed E-state index contributed by atoms with van der Waals surface area (Å²) in [7, 11) is -3.87. The van der Waals surface area contributed by atoms with Gasteiger partial charge in [0.15, 0.2) is 0 Å². The number of nitrogens with zero attached hydrogens (tertiary/aromatic N) is 2. The lowest BCUT2D eigenvalue weighted by Crippen LogP contribution is -2.16. The SMILES string of the molecule is NS(=O)(=O)c1cccc(NC(=O)Cc2cn(-c3ccccc3)nc2-c2ccc(Cl)cc2)c1. The molecule has 4 rings (SSSR count). The number of nitrogens with two attached hydrogens (primary N) is 1. The Bertz CT molecular complexity index is 1370. The molecular weight excluding hydrogens is 448 g/mol. The van der Waals surface area contributed by atoms with Crippen LogP contribution in [0.25, 0.3) is 16.9 Å². The van der Waals surface area contributed by atoms with Crippen LogP contribution in [0.3, 0.4) is 0 Å². The number of benzene rings is 3. The molecule has 9 heteroatoms. The van der Waals surface area contributed by atoms with Crippen LogP contribution in [-0.2, 0) is 21.2 Å². The van der Waals surface area contributed by atoms with Gasteiger partial charge in [0.05, 0.1) is 22.7 Å². The molecule has 0 fully saturated rings. The van der Waals surface area contributed by atoms with Gasteiger partial charge in [-0.25, -0.2) is 18.2 Å². The summed E-state index contributed by atoms with van der Waals surface area (Å²) in [5.41, 5.74) is 3.37. The standard InChI is InChI=1S/C23H19ClN4O3S/c24-18-11-9-16(10-12-18)23-17(15-28(27-23)20-6-2-1-3-7-20)13-22(29)26-19-5-4-8-21(14-19)32(25,30)31/h1-12,14-15H,13H2,(H,26,29)(H2,25,30,31). The minimum Gasteiger partial charge on any atom is -0.326 e. The second kappa shape index (κ2) is 8.96. The van der Waals surface area contributed by atoms with Gasteiger partial charge in [-0.3, -0.25) is 4.79 Å². The van der Waals surface area contributed by atoms with E-state index in [0.29, 0.717) is 22.0 Å². The van der Waals surface area contributed by atoms with Gasteiger partial charge < -0.3 is 5.32 Å². The van der Waals surface area contributed by atoms with Crippen molar-refractivity contribution in [2.75, 3.05) is 5.32 Å². The average molecular weight is 467 g/mol. The number of hydrogen-bond acceptors (Lipinski definition) is 4. The Kier molecular flexibility index (Phi) is 6.09.